The maximum Gasteiger partial charge on any atom is 0.101 e. The summed E-state index contributed by atoms with van der Waals surface area (Å²) in [6, 6.07) is 9.53. The standard InChI is InChI=1S/C11H11ClN2/c12-7-3-4-8-14-11-6-2-1-5-10(11)9-13/h1-6,14H,7-8H2/b4-3+. The van der Waals surface area contributed by atoms with Crippen LogP contribution in [0.2, 0.25) is 0 Å². The van der Waals surface area contributed by atoms with Gasteiger partial charge < -0.3 is 5.32 Å². The Hall–Kier alpha value is -1.46. The van der Waals surface area contributed by atoms with Crippen molar-refractivity contribution in [3.05, 3.63) is 42.0 Å². The van der Waals surface area contributed by atoms with Gasteiger partial charge in [0.25, 0.3) is 0 Å². The highest BCUT2D eigenvalue weighted by molar-refractivity contribution is 6.18. The van der Waals surface area contributed by atoms with Crippen molar-refractivity contribution < 1.29 is 0 Å². The number of anilines is 1. The molecule has 14 heavy (non-hydrogen) atoms. The van der Waals surface area contributed by atoms with Crippen LogP contribution in [-0.4, -0.2) is 12.4 Å². The lowest BCUT2D eigenvalue weighted by Crippen LogP contribution is -1.99. The summed E-state index contributed by atoms with van der Waals surface area (Å²) in [5.41, 5.74) is 1.51. The molecule has 0 fully saturated rings. The monoisotopic (exact) mass is 206 g/mol. The quantitative estimate of drug-likeness (QED) is 0.608. The number of benzene rings is 1. The minimum Gasteiger partial charge on any atom is -0.381 e. The molecular weight excluding hydrogens is 196 g/mol. The van der Waals surface area contributed by atoms with Gasteiger partial charge in [0.05, 0.1) is 11.3 Å². The predicted molar refractivity (Wildman–Crippen MR) is 59.5 cm³/mol. The molecule has 0 radical (unpaired) electrons. The second kappa shape index (κ2) is 6.06. The third-order valence-corrected chi connectivity index (χ3v) is 1.89. The van der Waals surface area contributed by atoms with E-state index in [-0.39, 0.29) is 0 Å². The molecule has 1 aromatic rings. The molecule has 1 rings (SSSR count). The Balaban J connectivity index is 2.59. The molecule has 0 bridgehead atoms. The molecular formula is C11H11ClN2. The van der Waals surface area contributed by atoms with Crippen LogP contribution >= 0.6 is 11.6 Å². The number of nitriles is 1. The Labute approximate surface area is 88.8 Å². The summed E-state index contributed by atoms with van der Waals surface area (Å²) in [5, 5.41) is 11.9. The van der Waals surface area contributed by atoms with Crippen LogP contribution in [0.15, 0.2) is 36.4 Å². The maximum atomic E-state index is 8.79. The van der Waals surface area contributed by atoms with Gasteiger partial charge in [-0.05, 0) is 12.1 Å². The Morgan fingerprint density at radius 1 is 1.36 bits per heavy atom. The molecule has 0 saturated heterocycles. The molecule has 0 saturated carbocycles. The van der Waals surface area contributed by atoms with Crippen molar-refractivity contribution in [2.45, 2.75) is 0 Å². The van der Waals surface area contributed by atoms with Crippen LogP contribution in [-0.2, 0) is 0 Å². The van der Waals surface area contributed by atoms with Crippen LogP contribution in [0.4, 0.5) is 5.69 Å². The van der Waals surface area contributed by atoms with Crippen LogP contribution in [0, 0.1) is 11.3 Å². The number of nitrogens with one attached hydrogen (secondary N) is 1. The van der Waals surface area contributed by atoms with Gasteiger partial charge in [0.15, 0.2) is 0 Å². The molecule has 0 aliphatic rings. The molecule has 3 heteroatoms. The molecule has 1 aromatic carbocycles. The number of hydrogen-bond donors (Lipinski definition) is 1. The number of halogens is 1. The summed E-state index contributed by atoms with van der Waals surface area (Å²) in [5.74, 6) is 0.515. The Kier molecular flexibility index (Phi) is 4.60. The van der Waals surface area contributed by atoms with Gasteiger partial charge in [0.1, 0.15) is 6.07 Å². The summed E-state index contributed by atoms with van der Waals surface area (Å²) in [6.07, 6.45) is 3.80. The third-order valence-electron chi connectivity index (χ3n) is 1.71. The zero-order chi connectivity index (χ0) is 10.2. The lowest BCUT2D eigenvalue weighted by Gasteiger charge is -2.04. The Morgan fingerprint density at radius 3 is 2.86 bits per heavy atom. The second-order valence-electron chi connectivity index (χ2n) is 2.66. The second-order valence-corrected chi connectivity index (χ2v) is 2.97. The molecule has 2 nitrogen and oxygen atoms in total. The van der Waals surface area contributed by atoms with Crippen LogP contribution in [0.1, 0.15) is 5.56 Å². The van der Waals surface area contributed by atoms with Crippen molar-refractivity contribution >= 4 is 17.3 Å². The van der Waals surface area contributed by atoms with E-state index in [2.05, 4.69) is 11.4 Å². The fraction of sp³-hybridized carbons (Fsp3) is 0.182. The van der Waals surface area contributed by atoms with Gasteiger partial charge in [-0.25, -0.2) is 0 Å². The van der Waals surface area contributed by atoms with Crippen molar-refractivity contribution in [2.24, 2.45) is 0 Å². The van der Waals surface area contributed by atoms with Gasteiger partial charge in [0, 0.05) is 12.4 Å². The van der Waals surface area contributed by atoms with Crippen LogP contribution in [0.3, 0.4) is 0 Å². The largest absolute Gasteiger partial charge is 0.381 e. The summed E-state index contributed by atoms with van der Waals surface area (Å²) < 4.78 is 0. The molecule has 0 aromatic heterocycles. The fourth-order valence-electron chi connectivity index (χ4n) is 1.05. The van der Waals surface area contributed by atoms with E-state index in [1.807, 2.05) is 30.4 Å². The van der Waals surface area contributed by atoms with E-state index in [9.17, 15) is 0 Å². The van der Waals surface area contributed by atoms with Crippen molar-refractivity contribution in [1.82, 2.24) is 0 Å². The van der Waals surface area contributed by atoms with Gasteiger partial charge in [-0.1, -0.05) is 24.3 Å². The van der Waals surface area contributed by atoms with E-state index in [4.69, 9.17) is 16.9 Å². The number of nitrogens with zero attached hydrogens (tertiary/aromatic N) is 1. The highest BCUT2D eigenvalue weighted by Gasteiger charge is 1.96. The molecule has 0 unspecified atom stereocenters. The number of alkyl halides is 1. The van der Waals surface area contributed by atoms with E-state index >= 15 is 0 Å². The molecule has 0 atom stereocenters. The lowest BCUT2D eigenvalue weighted by atomic mass is 10.2. The molecule has 0 aliphatic heterocycles. The number of hydrogen-bond acceptors (Lipinski definition) is 2. The van der Waals surface area contributed by atoms with Gasteiger partial charge in [0.2, 0.25) is 0 Å². The summed E-state index contributed by atoms with van der Waals surface area (Å²) in [7, 11) is 0. The van der Waals surface area contributed by atoms with Crippen molar-refractivity contribution in [1.29, 1.82) is 5.26 Å². The van der Waals surface area contributed by atoms with Crippen LogP contribution in [0.5, 0.6) is 0 Å². The molecule has 0 aliphatic carbocycles. The first-order valence-corrected chi connectivity index (χ1v) is 4.86. The van der Waals surface area contributed by atoms with Crippen molar-refractivity contribution in [3.8, 4) is 6.07 Å². The number of para-hydroxylation sites is 1. The van der Waals surface area contributed by atoms with E-state index in [0.29, 0.717) is 18.0 Å². The minimum absolute atomic E-state index is 0.515. The smallest absolute Gasteiger partial charge is 0.101 e. The zero-order valence-electron chi connectivity index (χ0n) is 7.70. The van der Waals surface area contributed by atoms with E-state index < -0.39 is 0 Å². The number of allylic oxidation sites excluding steroid dienone is 1. The van der Waals surface area contributed by atoms with Gasteiger partial charge in [-0.15, -0.1) is 11.6 Å². The first-order valence-electron chi connectivity index (χ1n) is 4.32. The average Bonchev–Trinajstić information content (AvgIpc) is 2.25. The predicted octanol–water partition coefficient (Wildman–Crippen LogP) is 2.77. The number of rotatable bonds is 4. The van der Waals surface area contributed by atoms with Crippen LogP contribution < -0.4 is 5.32 Å². The van der Waals surface area contributed by atoms with Crippen molar-refractivity contribution in [3.63, 3.8) is 0 Å². The molecule has 0 amide bonds. The first-order chi connectivity index (χ1) is 6.88. The molecule has 0 spiro atoms. The van der Waals surface area contributed by atoms with Crippen LogP contribution in [0.25, 0.3) is 0 Å². The maximum absolute atomic E-state index is 8.79. The van der Waals surface area contributed by atoms with E-state index in [1.54, 1.807) is 6.07 Å². The molecule has 72 valence electrons. The van der Waals surface area contributed by atoms with Gasteiger partial charge in [-0.2, -0.15) is 5.26 Å². The van der Waals surface area contributed by atoms with E-state index in [0.717, 1.165) is 5.69 Å². The van der Waals surface area contributed by atoms with Crippen molar-refractivity contribution in [2.75, 3.05) is 17.7 Å². The fourth-order valence-corrected chi connectivity index (χ4v) is 1.18. The minimum atomic E-state index is 0.515. The highest BCUT2D eigenvalue weighted by atomic mass is 35.5. The average molecular weight is 207 g/mol. The summed E-state index contributed by atoms with van der Waals surface area (Å²) in [4.78, 5) is 0. The Bertz CT molecular complexity index is 353. The molecule has 0 heterocycles. The topological polar surface area (TPSA) is 35.8 Å². The third kappa shape index (κ3) is 3.12. The Morgan fingerprint density at radius 2 is 2.14 bits per heavy atom. The first kappa shape index (κ1) is 10.6. The van der Waals surface area contributed by atoms with Gasteiger partial charge in [-0.3, -0.25) is 0 Å². The normalized spacial score (nSPS) is 10.0. The summed E-state index contributed by atoms with van der Waals surface area (Å²) >= 11 is 5.47. The zero-order valence-corrected chi connectivity index (χ0v) is 8.46. The highest BCUT2D eigenvalue weighted by Crippen LogP contribution is 2.12. The molecule has 1 N–H and O–H groups in total. The summed E-state index contributed by atoms with van der Waals surface area (Å²) in [6.45, 7) is 0.686. The van der Waals surface area contributed by atoms with E-state index in [1.165, 1.54) is 0 Å². The van der Waals surface area contributed by atoms with Gasteiger partial charge >= 0.3 is 0 Å². The SMILES string of the molecule is N#Cc1ccccc1NC/C=C/CCl. The lowest BCUT2D eigenvalue weighted by molar-refractivity contribution is 1.31.